The molecule has 0 N–H and O–H groups in total. The number of para-hydroxylation sites is 2. The van der Waals surface area contributed by atoms with Gasteiger partial charge in [-0.2, -0.15) is 4.67 Å². The van der Waals surface area contributed by atoms with Crippen LogP contribution in [0, 0.1) is 11.8 Å². The molecule has 3 nitrogen and oxygen atoms in total. The fraction of sp³-hybridized carbons (Fsp3) is 0.436. The second-order valence-corrected chi connectivity index (χ2v) is 20.9. The highest BCUT2D eigenvalue weighted by Crippen LogP contribution is 2.59. The lowest BCUT2D eigenvalue weighted by Gasteiger charge is -2.55. The van der Waals surface area contributed by atoms with Crippen LogP contribution in [0.4, 0.5) is 0 Å². The number of aromatic nitrogens is 1. The summed E-state index contributed by atoms with van der Waals surface area (Å²) >= 11 is 0. The molecule has 4 heteroatoms. The molecule has 224 valence electrons. The van der Waals surface area contributed by atoms with Gasteiger partial charge in [0.2, 0.25) is 0 Å². The van der Waals surface area contributed by atoms with Crippen LogP contribution in [0.3, 0.4) is 0 Å². The first-order chi connectivity index (χ1) is 20.1. The molecular formula is C39H50N3Si+. The van der Waals surface area contributed by atoms with E-state index in [1.54, 1.807) is 5.57 Å². The predicted molar refractivity (Wildman–Crippen MR) is 187 cm³/mol. The highest BCUT2D eigenvalue weighted by Gasteiger charge is 2.56. The summed E-state index contributed by atoms with van der Waals surface area (Å²) in [5.74, 6) is 1.27. The van der Waals surface area contributed by atoms with Crippen molar-refractivity contribution in [3.8, 4) is 5.69 Å². The maximum Gasteiger partial charge on any atom is 0.191 e. The van der Waals surface area contributed by atoms with Crippen molar-refractivity contribution in [3.63, 3.8) is 0 Å². The minimum absolute atomic E-state index is 0.0243. The Labute approximate surface area is 260 Å². The van der Waals surface area contributed by atoms with Crippen LogP contribution in [0.25, 0.3) is 33.1 Å². The second-order valence-electron chi connectivity index (χ2n) is 16.4. The molecule has 0 spiro atoms. The van der Waals surface area contributed by atoms with Gasteiger partial charge < -0.3 is 4.57 Å². The summed E-state index contributed by atoms with van der Waals surface area (Å²) in [5.41, 5.74) is 10.7. The van der Waals surface area contributed by atoms with Gasteiger partial charge in [-0.15, -0.1) is 0 Å². The zero-order chi connectivity index (χ0) is 30.7. The van der Waals surface area contributed by atoms with Crippen LogP contribution in [0.2, 0.25) is 18.6 Å². The van der Waals surface area contributed by atoms with E-state index in [0.717, 1.165) is 10.1 Å². The molecule has 3 unspecified atom stereocenters. The molecule has 1 fully saturated rings. The highest BCUT2D eigenvalue weighted by atomic mass is 28.3. The van der Waals surface area contributed by atoms with E-state index in [2.05, 4.69) is 157 Å². The molecule has 0 aliphatic heterocycles. The normalized spacial score (nSPS) is 23.4. The lowest BCUT2D eigenvalue weighted by atomic mass is 9.76. The standard InChI is InChI=1S/C39H50N3Si/c1-38(2,3)41(42(6,7)8)43(9,10)37-22-19-26-23-32-28-21-20-27(24-33(28)39(4,5)34(32)25-31(26)37)40-35-17-13-11-15-29(35)30-16-12-14-18-36(30)40/h11-18,20-21,23-26,31,37H,19,22H2,1-10H3/q+1. The van der Waals surface area contributed by atoms with Crippen LogP contribution in [-0.2, 0) is 5.41 Å². The molecule has 0 radical (unpaired) electrons. The van der Waals surface area contributed by atoms with E-state index >= 15 is 0 Å². The van der Waals surface area contributed by atoms with Crippen LogP contribution in [0.15, 0.2) is 84.5 Å². The Morgan fingerprint density at radius 2 is 1.44 bits per heavy atom. The van der Waals surface area contributed by atoms with Gasteiger partial charge in [0.05, 0.1) is 37.7 Å². The van der Waals surface area contributed by atoms with Gasteiger partial charge in [-0.05, 0) is 91.1 Å². The third-order valence-corrected chi connectivity index (χ3v) is 15.8. The molecule has 3 aliphatic carbocycles. The Morgan fingerprint density at radius 3 is 2.02 bits per heavy atom. The number of allylic oxidation sites excluding steroid dienone is 4. The van der Waals surface area contributed by atoms with Crippen LogP contribution >= 0.6 is 0 Å². The largest absolute Gasteiger partial charge is 0.309 e. The number of benzene rings is 3. The number of nitrogens with zero attached hydrogens (tertiary/aromatic N) is 3. The van der Waals surface area contributed by atoms with Gasteiger partial charge >= 0.3 is 0 Å². The minimum atomic E-state index is -1.82. The summed E-state index contributed by atoms with van der Waals surface area (Å²) in [5, 5.41) is 2.64. The van der Waals surface area contributed by atoms with E-state index < -0.39 is 8.24 Å². The molecule has 3 aromatic carbocycles. The van der Waals surface area contributed by atoms with Gasteiger partial charge in [-0.3, -0.25) is 4.59 Å². The molecule has 3 atom stereocenters. The van der Waals surface area contributed by atoms with Gasteiger partial charge in [-0.25, -0.2) is 0 Å². The molecule has 4 aromatic rings. The fourth-order valence-corrected chi connectivity index (χ4v) is 15.9. The van der Waals surface area contributed by atoms with Crippen LogP contribution < -0.4 is 0 Å². The number of fused-ring (bicyclic) bond motifs is 7. The number of rotatable bonds is 4. The Morgan fingerprint density at radius 1 is 0.837 bits per heavy atom. The quantitative estimate of drug-likeness (QED) is 0.131. The van der Waals surface area contributed by atoms with Crippen molar-refractivity contribution in [1.29, 1.82) is 0 Å². The predicted octanol–water partition coefficient (Wildman–Crippen LogP) is 9.72. The molecule has 43 heavy (non-hydrogen) atoms. The summed E-state index contributed by atoms with van der Waals surface area (Å²) in [7, 11) is 5.29. The zero-order valence-corrected chi connectivity index (χ0v) is 29.0. The first-order valence-electron chi connectivity index (χ1n) is 16.3. The molecule has 1 aromatic heterocycles. The monoisotopic (exact) mass is 588 g/mol. The Kier molecular flexibility index (Phi) is 6.23. The first kappa shape index (κ1) is 28.8. The molecule has 7 rings (SSSR count). The van der Waals surface area contributed by atoms with Crippen LogP contribution in [-0.4, -0.2) is 48.8 Å². The summed E-state index contributed by atoms with van der Waals surface area (Å²) in [6.45, 7) is 17.5. The summed E-state index contributed by atoms with van der Waals surface area (Å²) in [6.07, 6.45) is 8.12. The second kappa shape index (κ2) is 9.29. The summed E-state index contributed by atoms with van der Waals surface area (Å²) < 4.78 is 6.25. The molecule has 0 bridgehead atoms. The fourth-order valence-electron chi connectivity index (χ4n) is 10.1. The Hall–Kier alpha value is -2.92. The third kappa shape index (κ3) is 4.20. The summed E-state index contributed by atoms with van der Waals surface area (Å²) in [4.78, 5) is 0. The van der Waals surface area contributed by atoms with E-state index in [9.17, 15) is 0 Å². The molecule has 0 saturated heterocycles. The average molecular weight is 589 g/mol. The number of hydrogen-bond acceptors (Lipinski definition) is 1. The van der Waals surface area contributed by atoms with E-state index in [1.165, 1.54) is 57.0 Å². The van der Waals surface area contributed by atoms with Crippen molar-refractivity contribution in [3.05, 3.63) is 95.6 Å². The van der Waals surface area contributed by atoms with Crippen molar-refractivity contribution in [2.75, 3.05) is 21.1 Å². The maximum atomic E-state index is 2.89. The lowest BCUT2D eigenvalue weighted by Crippen LogP contribution is -2.71. The van der Waals surface area contributed by atoms with Gasteiger partial charge in [-0.1, -0.05) is 88.0 Å². The van der Waals surface area contributed by atoms with Gasteiger partial charge in [0.25, 0.3) is 0 Å². The van der Waals surface area contributed by atoms with E-state index in [4.69, 9.17) is 0 Å². The van der Waals surface area contributed by atoms with Crippen molar-refractivity contribution in [2.24, 2.45) is 11.8 Å². The minimum Gasteiger partial charge on any atom is -0.309 e. The van der Waals surface area contributed by atoms with Gasteiger partial charge in [0.15, 0.2) is 8.24 Å². The number of hydrogen-bond donors (Lipinski definition) is 0. The van der Waals surface area contributed by atoms with Crippen molar-refractivity contribution in [1.82, 2.24) is 9.24 Å². The van der Waals surface area contributed by atoms with E-state index in [1.807, 2.05) is 0 Å². The van der Waals surface area contributed by atoms with Crippen LogP contribution in [0.1, 0.15) is 58.6 Å². The van der Waals surface area contributed by atoms with Gasteiger partial charge in [0, 0.05) is 21.9 Å². The Bertz CT molecular complexity index is 1750. The number of quaternary nitrogens is 1. The van der Waals surface area contributed by atoms with E-state index in [0.29, 0.717) is 11.8 Å². The first-order valence-corrected chi connectivity index (χ1v) is 19.3. The molecule has 0 amide bonds. The topological polar surface area (TPSA) is 8.17 Å². The molecule has 3 aliphatic rings. The van der Waals surface area contributed by atoms with Crippen molar-refractivity contribution < 1.29 is 4.59 Å². The molecule has 1 heterocycles. The third-order valence-electron chi connectivity index (χ3n) is 11.0. The average Bonchev–Trinajstić information content (AvgIpc) is 3.55. The lowest BCUT2D eigenvalue weighted by molar-refractivity contribution is -0.978. The molecular weight excluding hydrogens is 539 g/mol. The summed E-state index contributed by atoms with van der Waals surface area (Å²) in [6, 6.07) is 25.0. The highest BCUT2D eigenvalue weighted by molar-refractivity contribution is 6.76. The zero-order valence-electron chi connectivity index (χ0n) is 28.0. The van der Waals surface area contributed by atoms with E-state index in [-0.39, 0.29) is 11.0 Å². The molecule has 1 saturated carbocycles. The van der Waals surface area contributed by atoms with Crippen molar-refractivity contribution in [2.45, 2.75) is 77.0 Å². The van der Waals surface area contributed by atoms with Crippen molar-refractivity contribution >= 4 is 35.6 Å². The smallest absolute Gasteiger partial charge is 0.191 e. The Balaban J connectivity index is 1.32. The van der Waals surface area contributed by atoms with Gasteiger partial charge in [0.1, 0.15) is 0 Å². The maximum absolute atomic E-state index is 2.89. The SMILES string of the molecule is CC1(C)C2=CC3C(C=C2c2ccc(-n4c5ccccc5c5ccccc54)cc21)CCC3[Si](C)(C)N(C(C)(C)C)[N+](C)(C)C. The van der Waals surface area contributed by atoms with Crippen LogP contribution in [0.5, 0.6) is 0 Å².